The van der Waals surface area contributed by atoms with Crippen molar-refractivity contribution >= 4 is 5.97 Å². The van der Waals surface area contributed by atoms with Crippen LogP contribution in [0.4, 0.5) is 0 Å². The minimum Gasteiger partial charge on any atom is -0.469 e. The van der Waals surface area contributed by atoms with Crippen molar-refractivity contribution in [3.63, 3.8) is 0 Å². The summed E-state index contributed by atoms with van der Waals surface area (Å²) in [5.74, 6) is -0.342. The molecule has 0 aliphatic carbocycles. The lowest BCUT2D eigenvalue weighted by molar-refractivity contribution is -0.145. The molecule has 2 atom stereocenters. The SMILES string of the molecule is COC(=O)C(C)C(C)NCc1ccc(C)nc1. The number of pyridine rings is 1. The summed E-state index contributed by atoms with van der Waals surface area (Å²) in [6.45, 7) is 6.50. The number of hydrogen-bond acceptors (Lipinski definition) is 4. The monoisotopic (exact) mass is 236 g/mol. The second-order valence-corrected chi connectivity index (χ2v) is 4.29. The summed E-state index contributed by atoms with van der Waals surface area (Å²) in [5.41, 5.74) is 2.12. The van der Waals surface area contributed by atoms with E-state index in [4.69, 9.17) is 4.74 Å². The first-order chi connectivity index (χ1) is 8.04. The molecule has 0 aliphatic rings. The molecule has 0 saturated heterocycles. The molecule has 1 aromatic rings. The number of carbonyl (C=O) groups excluding carboxylic acids is 1. The van der Waals surface area contributed by atoms with Crippen LogP contribution >= 0.6 is 0 Å². The highest BCUT2D eigenvalue weighted by molar-refractivity contribution is 5.72. The van der Waals surface area contributed by atoms with E-state index in [9.17, 15) is 4.79 Å². The van der Waals surface area contributed by atoms with E-state index in [0.29, 0.717) is 6.54 Å². The van der Waals surface area contributed by atoms with Gasteiger partial charge in [0.2, 0.25) is 0 Å². The molecular formula is C13H20N2O2. The lowest BCUT2D eigenvalue weighted by Crippen LogP contribution is -2.36. The van der Waals surface area contributed by atoms with E-state index < -0.39 is 0 Å². The van der Waals surface area contributed by atoms with Crippen molar-refractivity contribution in [3.05, 3.63) is 29.6 Å². The predicted octanol–water partition coefficient (Wildman–Crippen LogP) is 1.68. The molecule has 0 radical (unpaired) electrons. The number of nitrogens with zero attached hydrogens (tertiary/aromatic N) is 1. The summed E-state index contributed by atoms with van der Waals surface area (Å²) in [4.78, 5) is 15.6. The lowest BCUT2D eigenvalue weighted by atomic mass is 10.0. The molecule has 4 nitrogen and oxygen atoms in total. The number of esters is 1. The Bertz CT molecular complexity index is 362. The fraction of sp³-hybridized carbons (Fsp3) is 0.538. The Kier molecular flexibility index (Phi) is 5.10. The van der Waals surface area contributed by atoms with Crippen LogP contribution in [0, 0.1) is 12.8 Å². The number of nitrogens with one attached hydrogen (secondary N) is 1. The first-order valence-corrected chi connectivity index (χ1v) is 5.77. The van der Waals surface area contributed by atoms with Gasteiger partial charge in [-0.2, -0.15) is 0 Å². The number of rotatable bonds is 5. The maximum Gasteiger partial charge on any atom is 0.309 e. The van der Waals surface area contributed by atoms with Gasteiger partial charge in [0.05, 0.1) is 13.0 Å². The van der Waals surface area contributed by atoms with E-state index in [1.54, 1.807) is 0 Å². The molecule has 2 unspecified atom stereocenters. The van der Waals surface area contributed by atoms with Crippen molar-refractivity contribution in [2.75, 3.05) is 7.11 Å². The molecule has 0 amide bonds. The fourth-order valence-corrected chi connectivity index (χ4v) is 1.45. The third-order valence-corrected chi connectivity index (χ3v) is 2.92. The summed E-state index contributed by atoms with van der Waals surface area (Å²) in [6, 6.07) is 4.08. The molecule has 0 saturated carbocycles. The Morgan fingerprint density at radius 3 is 2.71 bits per heavy atom. The van der Waals surface area contributed by atoms with Crippen LogP contribution < -0.4 is 5.32 Å². The molecule has 0 aliphatic heterocycles. The summed E-state index contributed by atoms with van der Waals surface area (Å²) >= 11 is 0. The van der Waals surface area contributed by atoms with Gasteiger partial charge in [-0.15, -0.1) is 0 Å². The van der Waals surface area contributed by atoms with Crippen LogP contribution in [0.25, 0.3) is 0 Å². The topological polar surface area (TPSA) is 51.2 Å². The average Bonchev–Trinajstić information content (AvgIpc) is 2.35. The number of carbonyl (C=O) groups is 1. The van der Waals surface area contributed by atoms with Crippen molar-refractivity contribution in [2.45, 2.75) is 33.4 Å². The first kappa shape index (κ1) is 13.6. The van der Waals surface area contributed by atoms with E-state index in [2.05, 4.69) is 10.3 Å². The van der Waals surface area contributed by atoms with Crippen LogP contribution in [0.2, 0.25) is 0 Å². The van der Waals surface area contributed by atoms with E-state index >= 15 is 0 Å². The summed E-state index contributed by atoms with van der Waals surface area (Å²) in [7, 11) is 1.41. The van der Waals surface area contributed by atoms with E-state index in [0.717, 1.165) is 11.3 Å². The smallest absolute Gasteiger partial charge is 0.309 e. The molecule has 1 heterocycles. The Morgan fingerprint density at radius 1 is 1.47 bits per heavy atom. The second-order valence-electron chi connectivity index (χ2n) is 4.29. The van der Waals surface area contributed by atoms with E-state index in [1.807, 2.05) is 39.1 Å². The molecule has 4 heteroatoms. The Labute approximate surface area is 102 Å². The number of aromatic nitrogens is 1. The van der Waals surface area contributed by atoms with Crippen LogP contribution in [-0.2, 0) is 16.1 Å². The predicted molar refractivity (Wildman–Crippen MR) is 66.5 cm³/mol. The third-order valence-electron chi connectivity index (χ3n) is 2.92. The third kappa shape index (κ3) is 4.15. The molecular weight excluding hydrogens is 216 g/mol. The van der Waals surface area contributed by atoms with Crippen molar-refractivity contribution in [1.82, 2.24) is 10.3 Å². The summed E-state index contributed by atoms with van der Waals surface area (Å²) in [6.07, 6.45) is 1.85. The van der Waals surface area contributed by atoms with Gasteiger partial charge in [-0.05, 0) is 25.5 Å². The zero-order valence-electron chi connectivity index (χ0n) is 10.9. The van der Waals surface area contributed by atoms with Gasteiger partial charge in [0.15, 0.2) is 0 Å². The molecule has 1 N–H and O–H groups in total. The lowest BCUT2D eigenvalue weighted by Gasteiger charge is -2.19. The molecule has 0 aromatic carbocycles. The van der Waals surface area contributed by atoms with Crippen LogP contribution in [0.3, 0.4) is 0 Å². The van der Waals surface area contributed by atoms with Crippen LogP contribution in [0.1, 0.15) is 25.1 Å². The molecule has 94 valence electrons. The van der Waals surface area contributed by atoms with Crippen molar-refractivity contribution in [1.29, 1.82) is 0 Å². The first-order valence-electron chi connectivity index (χ1n) is 5.77. The Morgan fingerprint density at radius 2 is 2.18 bits per heavy atom. The van der Waals surface area contributed by atoms with Crippen LogP contribution in [0.5, 0.6) is 0 Å². The van der Waals surface area contributed by atoms with Gasteiger partial charge >= 0.3 is 5.97 Å². The Hall–Kier alpha value is -1.42. The highest BCUT2D eigenvalue weighted by atomic mass is 16.5. The van der Waals surface area contributed by atoms with Gasteiger partial charge < -0.3 is 10.1 Å². The van der Waals surface area contributed by atoms with Crippen LogP contribution in [-0.4, -0.2) is 24.1 Å². The number of hydrogen-bond donors (Lipinski definition) is 1. The second kappa shape index (κ2) is 6.35. The minimum atomic E-state index is -0.188. The number of methoxy groups -OCH3 is 1. The number of aryl methyl sites for hydroxylation is 1. The average molecular weight is 236 g/mol. The molecule has 0 bridgehead atoms. The Balaban J connectivity index is 2.45. The van der Waals surface area contributed by atoms with E-state index in [1.165, 1.54) is 7.11 Å². The summed E-state index contributed by atoms with van der Waals surface area (Å²) in [5, 5.41) is 3.29. The standard InChI is InChI=1S/C13H20N2O2/c1-9-5-6-12(7-14-9)8-15-11(3)10(2)13(16)17-4/h5-7,10-11,15H,8H2,1-4H3. The molecule has 1 aromatic heterocycles. The highest BCUT2D eigenvalue weighted by Crippen LogP contribution is 2.06. The van der Waals surface area contributed by atoms with Crippen molar-refractivity contribution in [3.8, 4) is 0 Å². The maximum absolute atomic E-state index is 11.3. The molecule has 17 heavy (non-hydrogen) atoms. The molecule has 1 rings (SSSR count). The van der Waals surface area contributed by atoms with Gasteiger partial charge in [0.25, 0.3) is 0 Å². The highest BCUT2D eigenvalue weighted by Gasteiger charge is 2.20. The fourth-order valence-electron chi connectivity index (χ4n) is 1.45. The van der Waals surface area contributed by atoms with E-state index in [-0.39, 0.29) is 17.9 Å². The van der Waals surface area contributed by atoms with Gasteiger partial charge in [-0.1, -0.05) is 13.0 Å². The zero-order chi connectivity index (χ0) is 12.8. The normalized spacial score (nSPS) is 14.1. The largest absolute Gasteiger partial charge is 0.469 e. The van der Waals surface area contributed by atoms with Crippen LogP contribution in [0.15, 0.2) is 18.3 Å². The van der Waals surface area contributed by atoms with Gasteiger partial charge in [-0.3, -0.25) is 9.78 Å². The number of ether oxygens (including phenoxy) is 1. The maximum atomic E-state index is 11.3. The quantitative estimate of drug-likeness (QED) is 0.790. The van der Waals surface area contributed by atoms with Gasteiger partial charge in [0.1, 0.15) is 0 Å². The van der Waals surface area contributed by atoms with Gasteiger partial charge in [0, 0.05) is 24.5 Å². The molecule has 0 spiro atoms. The molecule has 0 fully saturated rings. The zero-order valence-corrected chi connectivity index (χ0v) is 10.9. The van der Waals surface area contributed by atoms with Crippen molar-refractivity contribution < 1.29 is 9.53 Å². The van der Waals surface area contributed by atoms with Gasteiger partial charge in [-0.25, -0.2) is 0 Å². The van der Waals surface area contributed by atoms with Crippen molar-refractivity contribution in [2.24, 2.45) is 5.92 Å². The summed E-state index contributed by atoms with van der Waals surface area (Å²) < 4.78 is 4.71. The minimum absolute atomic E-state index is 0.0729.